The molecule has 1 heterocycles. The third-order valence-electron chi connectivity index (χ3n) is 2.97. The molecule has 1 aromatic heterocycles. The van der Waals surface area contributed by atoms with Gasteiger partial charge >= 0.3 is 0 Å². The number of rotatable bonds is 2. The van der Waals surface area contributed by atoms with Crippen LogP contribution in [0.5, 0.6) is 5.88 Å². The molecule has 1 aliphatic rings. The number of ether oxygens (including phenoxy) is 1. The number of hydrogen-bond donors (Lipinski definition) is 0. The second-order valence-corrected chi connectivity index (χ2v) is 4.20. The van der Waals surface area contributed by atoms with Crippen molar-refractivity contribution in [1.82, 2.24) is 4.98 Å². The van der Waals surface area contributed by atoms with Gasteiger partial charge in [-0.2, -0.15) is 5.26 Å². The minimum absolute atomic E-state index is 0.240. The van der Waals surface area contributed by atoms with Crippen molar-refractivity contribution in [3.05, 3.63) is 23.9 Å². The summed E-state index contributed by atoms with van der Waals surface area (Å²) >= 11 is 0. The fourth-order valence-corrected chi connectivity index (χ4v) is 2.09. The van der Waals surface area contributed by atoms with Gasteiger partial charge in [-0.3, -0.25) is 0 Å². The molecule has 3 heteroatoms. The molecule has 0 spiro atoms. The predicted molar refractivity (Wildman–Crippen MR) is 61.1 cm³/mol. The third kappa shape index (κ3) is 2.73. The summed E-state index contributed by atoms with van der Waals surface area (Å²) < 4.78 is 5.82. The molecule has 0 bridgehead atoms. The van der Waals surface area contributed by atoms with E-state index in [1.54, 1.807) is 18.3 Å². The van der Waals surface area contributed by atoms with Gasteiger partial charge in [-0.15, -0.1) is 0 Å². The monoisotopic (exact) mass is 216 g/mol. The fourth-order valence-electron chi connectivity index (χ4n) is 2.09. The van der Waals surface area contributed by atoms with Crippen molar-refractivity contribution in [2.24, 2.45) is 0 Å². The maximum atomic E-state index is 8.93. The zero-order valence-corrected chi connectivity index (χ0v) is 9.35. The highest BCUT2D eigenvalue weighted by atomic mass is 16.5. The molecular formula is C13H16N2O. The zero-order valence-electron chi connectivity index (χ0n) is 9.35. The molecule has 0 unspecified atom stereocenters. The quantitative estimate of drug-likeness (QED) is 0.714. The maximum absolute atomic E-state index is 8.93. The molecular weight excluding hydrogens is 200 g/mol. The van der Waals surface area contributed by atoms with Gasteiger partial charge in [-0.1, -0.05) is 12.8 Å². The molecule has 0 saturated heterocycles. The van der Waals surface area contributed by atoms with Crippen molar-refractivity contribution >= 4 is 0 Å². The van der Waals surface area contributed by atoms with E-state index in [-0.39, 0.29) is 6.10 Å². The average molecular weight is 216 g/mol. The first kappa shape index (κ1) is 10.9. The van der Waals surface area contributed by atoms with E-state index < -0.39 is 0 Å². The van der Waals surface area contributed by atoms with Crippen LogP contribution in [-0.4, -0.2) is 11.1 Å². The number of hydrogen-bond acceptors (Lipinski definition) is 3. The molecule has 0 radical (unpaired) electrons. The standard InChI is InChI=1S/C13H16N2O/c14-10-11-6-5-9-15-13(11)16-12-7-3-1-2-4-8-12/h5-6,9,12H,1-4,7-8H2. The van der Waals surface area contributed by atoms with Gasteiger partial charge in [-0.25, -0.2) is 4.98 Å². The summed E-state index contributed by atoms with van der Waals surface area (Å²) in [6.07, 6.45) is 9.12. The number of nitrogens with zero attached hydrogens (tertiary/aromatic N) is 2. The largest absolute Gasteiger partial charge is 0.473 e. The second-order valence-electron chi connectivity index (χ2n) is 4.20. The Balaban J connectivity index is 2.05. The minimum Gasteiger partial charge on any atom is -0.473 e. The molecule has 16 heavy (non-hydrogen) atoms. The smallest absolute Gasteiger partial charge is 0.231 e. The number of aromatic nitrogens is 1. The van der Waals surface area contributed by atoms with Crippen molar-refractivity contribution in [2.45, 2.75) is 44.6 Å². The van der Waals surface area contributed by atoms with Crippen molar-refractivity contribution in [3.63, 3.8) is 0 Å². The topological polar surface area (TPSA) is 45.9 Å². The summed E-state index contributed by atoms with van der Waals surface area (Å²) in [7, 11) is 0. The second kappa shape index (κ2) is 5.50. The molecule has 1 aromatic rings. The molecule has 0 amide bonds. The maximum Gasteiger partial charge on any atom is 0.231 e. The van der Waals surface area contributed by atoms with E-state index in [1.165, 1.54) is 25.7 Å². The Morgan fingerprint density at radius 3 is 2.69 bits per heavy atom. The van der Waals surface area contributed by atoms with E-state index in [9.17, 15) is 0 Å². The lowest BCUT2D eigenvalue weighted by Gasteiger charge is -2.16. The first-order valence-electron chi connectivity index (χ1n) is 5.92. The van der Waals surface area contributed by atoms with E-state index in [2.05, 4.69) is 11.1 Å². The van der Waals surface area contributed by atoms with Crippen LogP contribution in [0.25, 0.3) is 0 Å². The molecule has 0 atom stereocenters. The molecule has 1 saturated carbocycles. The SMILES string of the molecule is N#Cc1cccnc1OC1CCCCCC1. The lowest BCUT2D eigenvalue weighted by Crippen LogP contribution is -2.16. The van der Waals surface area contributed by atoms with Crippen LogP contribution in [0.3, 0.4) is 0 Å². The Labute approximate surface area is 96.1 Å². The van der Waals surface area contributed by atoms with E-state index in [0.717, 1.165) is 12.8 Å². The molecule has 3 nitrogen and oxygen atoms in total. The van der Waals surface area contributed by atoms with Crippen LogP contribution in [0.4, 0.5) is 0 Å². The lowest BCUT2D eigenvalue weighted by molar-refractivity contribution is 0.175. The normalized spacial score (nSPS) is 17.4. The van der Waals surface area contributed by atoms with Gasteiger partial charge in [0, 0.05) is 6.20 Å². The van der Waals surface area contributed by atoms with E-state index >= 15 is 0 Å². The van der Waals surface area contributed by atoms with Crippen molar-refractivity contribution in [3.8, 4) is 11.9 Å². The van der Waals surface area contributed by atoms with Gasteiger partial charge in [0.1, 0.15) is 17.7 Å². The molecule has 84 valence electrons. The van der Waals surface area contributed by atoms with Gasteiger partial charge in [0.2, 0.25) is 5.88 Å². The minimum atomic E-state index is 0.240. The van der Waals surface area contributed by atoms with Crippen LogP contribution in [0.2, 0.25) is 0 Å². The summed E-state index contributed by atoms with van der Waals surface area (Å²) in [6.45, 7) is 0. The van der Waals surface area contributed by atoms with Gasteiger partial charge in [-0.05, 0) is 37.8 Å². The van der Waals surface area contributed by atoms with Crippen LogP contribution in [-0.2, 0) is 0 Å². The summed E-state index contributed by atoms with van der Waals surface area (Å²) in [5, 5.41) is 8.93. The molecule has 0 N–H and O–H groups in total. The molecule has 1 aliphatic carbocycles. The fraction of sp³-hybridized carbons (Fsp3) is 0.538. The summed E-state index contributed by atoms with van der Waals surface area (Å²) in [4.78, 5) is 4.13. The van der Waals surface area contributed by atoms with Crippen molar-refractivity contribution < 1.29 is 4.74 Å². The van der Waals surface area contributed by atoms with E-state index in [4.69, 9.17) is 10.00 Å². The van der Waals surface area contributed by atoms with Crippen LogP contribution < -0.4 is 4.74 Å². The molecule has 2 rings (SSSR count). The lowest BCUT2D eigenvalue weighted by atomic mass is 10.1. The van der Waals surface area contributed by atoms with Crippen LogP contribution >= 0.6 is 0 Å². The first-order valence-corrected chi connectivity index (χ1v) is 5.92. The van der Waals surface area contributed by atoms with Gasteiger partial charge in [0.15, 0.2) is 0 Å². The Morgan fingerprint density at radius 2 is 2.00 bits per heavy atom. The zero-order chi connectivity index (χ0) is 11.2. The number of nitriles is 1. The Hall–Kier alpha value is -1.56. The van der Waals surface area contributed by atoms with Gasteiger partial charge in [0.25, 0.3) is 0 Å². The molecule has 0 aliphatic heterocycles. The summed E-state index contributed by atoms with van der Waals surface area (Å²) in [5.41, 5.74) is 0.534. The van der Waals surface area contributed by atoms with Crippen LogP contribution in [0.1, 0.15) is 44.1 Å². The van der Waals surface area contributed by atoms with Gasteiger partial charge in [0.05, 0.1) is 0 Å². The Kier molecular flexibility index (Phi) is 3.76. The summed E-state index contributed by atoms with van der Waals surface area (Å²) in [5.74, 6) is 0.497. The first-order chi connectivity index (χ1) is 7.90. The highest BCUT2D eigenvalue weighted by Gasteiger charge is 2.15. The Morgan fingerprint density at radius 1 is 1.25 bits per heavy atom. The highest BCUT2D eigenvalue weighted by molar-refractivity contribution is 5.37. The van der Waals surface area contributed by atoms with Crippen molar-refractivity contribution in [1.29, 1.82) is 5.26 Å². The Bertz CT molecular complexity index is 376. The highest BCUT2D eigenvalue weighted by Crippen LogP contribution is 2.23. The average Bonchev–Trinajstić information content (AvgIpc) is 2.58. The van der Waals surface area contributed by atoms with Crippen molar-refractivity contribution in [2.75, 3.05) is 0 Å². The molecule has 0 aromatic carbocycles. The van der Waals surface area contributed by atoms with E-state index in [0.29, 0.717) is 11.4 Å². The van der Waals surface area contributed by atoms with Gasteiger partial charge < -0.3 is 4.74 Å². The molecule has 1 fully saturated rings. The number of pyridine rings is 1. The predicted octanol–water partition coefficient (Wildman–Crippen LogP) is 3.05. The van der Waals surface area contributed by atoms with Crippen LogP contribution in [0.15, 0.2) is 18.3 Å². The van der Waals surface area contributed by atoms with E-state index in [1.807, 2.05) is 0 Å². The summed E-state index contributed by atoms with van der Waals surface area (Å²) in [6, 6.07) is 5.62. The van der Waals surface area contributed by atoms with Crippen LogP contribution in [0, 0.1) is 11.3 Å². The third-order valence-corrected chi connectivity index (χ3v) is 2.97.